The molecule has 3 rings (SSSR count). The molecule has 2 fully saturated rings. The SMILES string of the molecule is CC1(CNC(=O)c2cccc(N3CCCS3(=O)=O)c2)CCNCC1.Cl. The van der Waals surface area contributed by atoms with Crippen LogP contribution in [0.25, 0.3) is 0 Å². The van der Waals surface area contributed by atoms with Crippen LogP contribution in [-0.2, 0) is 10.0 Å². The second-order valence-corrected chi connectivity index (χ2v) is 9.05. The highest BCUT2D eigenvalue weighted by Crippen LogP contribution is 2.27. The zero-order valence-electron chi connectivity index (χ0n) is 14.5. The number of hydrogen-bond acceptors (Lipinski definition) is 4. The summed E-state index contributed by atoms with van der Waals surface area (Å²) in [5.74, 6) is 0.0312. The van der Waals surface area contributed by atoms with Gasteiger partial charge < -0.3 is 10.6 Å². The van der Waals surface area contributed by atoms with Crippen molar-refractivity contribution in [3.8, 4) is 0 Å². The van der Waals surface area contributed by atoms with Crippen molar-refractivity contribution in [2.75, 3.05) is 36.2 Å². The van der Waals surface area contributed by atoms with Gasteiger partial charge in [0.1, 0.15) is 0 Å². The lowest BCUT2D eigenvalue weighted by molar-refractivity contribution is 0.0922. The number of anilines is 1. The molecule has 25 heavy (non-hydrogen) atoms. The average molecular weight is 388 g/mol. The Kier molecular flexibility index (Phi) is 6.35. The van der Waals surface area contributed by atoms with E-state index in [2.05, 4.69) is 17.6 Å². The van der Waals surface area contributed by atoms with Crippen molar-refractivity contribution in [1.82, 2.24) is 10.6 Å². The number of rotatable bonds is 4. The molecule has 140 valence electrons. The topological polar surface area (TPSA) is 78.5 Å². The molecule has 2 N–H and O–H groups in total. The summed E-state index contributed by atoms with van der Waals surface area (Å²) in [7, 11) is -3.23. The quantitative estimate of drug-likeness (QED) is 0.825. The number of halogens is 1. The number of hydrogen-bond donors (Lipinski definition) is 2. The molecule has 2 aliphatic heterocycles. The minimum Gasteiger partial charge on any atom is -0.351 e. The van der Waals surface area contributed by atoms with Gasteiger partial charge in [-0.1, -0.05) is 13.0 Å². The number of carbonyl (C=O) groups is 1. The van der Waals surface area contributed by atoms with Crippen molar-refractivity contribution in [3.05, 3.63) is 29.8 Å². The molecule has 0 radical (unpaired) electrons. The number of piperidine rings is 1. The van der Waals surface area contributed by atoms with Crippen LogP contribution >= 0.6 is 12.4 Å². The Morgan fingerprint density at radius 1 is 1.32 bits per heavy atom. The summed E-state index contributed by atoms with van der Waals surface area (Å²) in [6.45, 7) is 5.28. The normalized spacial score (nSPS) is 21.4. The van der Waals surface area contributed by atoms with Crippen LogP contribution in [-0.4, -0.2) is 46.3 Å². The van der Waals surface area contributed by atoms with Gasteiger partial charge in [-0.05, 0) is 56.0 Å². The maximum atomic E-state index is 12.5. The van der Waals surface area contributed by atoms with E-state index in [0.717, 1.165) is 25.9 Å². The Balaban J connectivity index is 0.00000225. The molecule has 0 bridgehead atoms. The number of sulfonamides is 1. The van der Waals surface area contributed by atoms with Crippen LogP contribution < -0.4 is 14.9 Å². The first-order valence-electron chi connectivity index (χ1n) is 8.49. The van der Waals surface area contributed by atoms with Gasteiger partial charge in [0, 0.05) is 18.7 Å². The predicted molar refractivity (Wildman–Crippen MR) is 102 cm³/mol. The third kappa shape index (κ3) is 4.65. The van der Waals surface area contributed by atoms with Crippen LogP contribution in [0.4, 0.5) is 5.69 Å². The van der Waals surface area contributed by atoms with E-state index in [1.54, 1.807) is 24.3 Å². The Hall–Kier alpha value is -1.31. The van der Waals surface area contributed by atoms with Crippen LogP contribution in [0.5, 0.6) is 0 Å². The van der Waals surface area contributed by atoms with Crippen molar-refractivity contribution < 1.29 is 13.2 Å². The van der Waals surface area contributed by atoms with Gasteiger partial charge in [-0.25, -0.2) is 8.42 Å². The summed E-state index contributed by atoms with van der Waals surface area (Å²) in [4.78, 5) is 12.5. The number of nitrogens with zero attached hydrogens (tertiary/aromatic N) is 1. The van der Waals surface area contributed by atoms with E-state index in [1.807, 2.05) is 0 Å². The largest absolute Gasteiger partial charge is 0.351 e. The molecule has 0 aliphatic carbocycles. The summed E-state index contributed by atoms with van der Waals surface area (Å²) in [6, 6.07) is 6.88. The van der Waals surface area contributed by atoms with E-state index in [1.165, 1.54) is 4.31 Å². The van der Waals surface area contributed by atoms with E-state index in [0.29, 0.717) is 30.8 Å². The summed E-state index contributed by atoms with van der Waals surface area (Å²) in [6.07, 6.45) is 2.71. The van der Waals surface area contributed by atoms with Gasteiger partial charge in [0.25, 0.3) is 5.91 Å². The third-order valence-corrected chi connectivity index (χ3v) is 6.85. The van der Waals surface area contributed by atoms with E-state index < -0.39 is 10.0 Å². The minimum absolute atomic E-state index is 0. The first kappa shape index (κ1) is 20.0. The van der Waals surface area contributed by atoms with Gasteiger partial charge in [0.15, 0.2) is 0 Å². The maximum Gasteiger partial charge on any atom is 0.251 e. The highest BCUT2D eigenvalue weighted by Gasteiger charge is 2.29. The molecule has 2 heterocycles. The van der Waals surface area contributed by atoms with Gasteiger partial charge in [-0.2, -0.15) is 0 Å². The van der Waals surface area contributed by atoms with Crippen LogP contribution in [0.3, 0.4) is 0 Å². The average Bonchev–Trinajstić information content (AvgIpc) is 2.93. The summed E-state index contributed by atoms with van der Waals surface area (Å²) >= 11 is 0. The Morgan fingerprint density at radius 2 is 2.04 bits per heavy atom. The van der Waals surface area contributed by atoms with E-state index in [4.69, 9.17) is 0 Å². The molecule has 8 heteroatoms. The van der Waals surface area contributed by atoms with Crippen molar-refractivity contribution >= 4 is 34.0 Å². The van der Waals surface area contributed by atoms with Crippen molar-refractivity contribution in [1.29, 1.82) is 0 Å². The van der Waals surface area contributed by atoms with Crippen molar-refractivity contribution in [3.63, 3.8) is 0 Å². The fourth-order valence-electron chi connectivity index (χ4n) is 3.33. The van der Waals surface area contributed by atoms with Gasteiger partial charge >= 0.3 is 0 Å². The molecule has 0 atom stereocenters. The second-order valence-electron chi connectivity index (χ2n) is 7.04. The summed E-state index contributed by atoms with van der Waals surface area (Å²) in [5.41, 5.74) is 1.21. The molecular formula is C17H26ClN3O3S. The predicted octanol–water partition coefficient (Wildman–Crippen LogP) is 1.77. The van der Waals surface area contributed by atoms with E-state index in [9.17, 15) is 13.2 Å². The summed E-state index contributed by atoms with van der Waals surface area (Å²) in [5, 5.41) is 6.34. The van der Waals surface area contributed by atoms with Gasteiger partial charge in [0.2, 0.25) is 10.0 Å². The molecule has 6 nitrogen and oxygen atoms in total. The Morgan fingerprint density at radius 3 is 2.68 bits per heavy atom. The lowest BCUT2D eigenvalue weighted by Gasteiger charge is -2.34. The lowest BCUT2D eigenvalue weighted by Crippen LogP contribution is -2.42. The second kappa shape index (κ2) is 7.93. The number of amides is 1. The third-order valence-electron chi connectivity index (χ3n) is 4.98. The van der Waals surface area contributed by atoms with Crippen LogP contribution in [0.1, 0.15) is 36.5 Å². The van der Waals surface area contributed by atoms with Crippen molar-refractivity contribution in [2.24, 2.45) is 5.41 Å². The number of benzene rings is 1. The molecule has 0 saturated carbocycles. The maximum absolute atomic E-state index is 12.5. The Labute approximate surface area is 155 Å². The standard InChI is InChI=1S/C17H25N3O3S.ClH/c1-17(6-8-18-9-7-17)13-19-16(21)14-4-2-5-15(12-14)20-10-3-11-24(20,22)23;/h2,4-5,12,18H,3,6-11,13H2,1H3,(H,19,21);1H. The molecule has 2 aliphatic rings. The minimum atomic E-state index is -3.23. The molecule has 1 amide bonds. The number of nitrogens with one attached hydrogen (secondary N) is 2. The van der Waals surface area contributed by atoms with Crippen LogP contribution in [0.15, 0.2) is 24.3 Å². The fourth-order valence-corrected chi connectivity index (χ4v) is 4.89. The van der Waals surface area contributed by atoms with Crippen LogP contribution in [0.2, 0.25) is 0 Å². The van der Waals surface area contributed by atoms with Gasteiger partial charge in [0.05, 0.1) is 11.4 Å². The molecule has 0 spiro atoms. The highest BCUT2D eigenvalue weighted by molar-refractivity contribution is 7.93. The molecular weight excluding hydrogens is 362 g/mol. The van der Waals surface area contributed by atoms with Gasteiger partial charge in [-0.15, -0.1) is 12.4 Å². The molecule has 2 saturated heterocycles. The summed E-state index contributed by atoms with van der Waals surface area (Å²) < 4.78 is 25.5. The Bertz CT molecular complexity index is 718. The smallest absolute Gasteiger partial charge is 0.251 e. The first-order chi connectivity index (χ1) is 11.4. The monoisotopic (exact) mass is 387 g/mol. The molecule has 1 aromatic rings. The highest BCUT2D eigenvalue weighted by atomic mass is 35.5. The lowest BCUT2D eigenvalue weighted by atomic mass is 9.81. The van der Waals surface area contributed by atoms with E-state index >= 15 is 0 Å². The van der Waals surface area contributed by atoms with Crippen molar-refractivity contribution in [2.45, 2.75) is 26.2 Å². The zero-order valence-corrected chi connectivity index (χ0v) is 16.1. The molecule has 1 aromatic carbocycles. The van der Waals surface area contributed by atoms with Gasteiger partial charge in [-0.3, -0.25) is 9.10 Å². The van der Waals surface area contributed by atoms with E-state index in [-0.39, 0.29) is 29.5 Å². The molecule has 0 unspecified atom stereocenters. The number of carbonyl (C=O) groups excluding carboxylic acids is 1. The van der Waals surface area contributed by atoms with Crippen LogP contribution in [0, 0.1) is 5.41 Å². The zero-order chi connectivity index (χ0) is 17.2. The molecule has 0 aromatic heterocycles. The fraction of sp³-hybridized carbons (Fsp3) is 0.588. The first-order valence-corrected chi connectivity index (χ1v) is 10.1.